The molecule has 126 valence electrons. The van der Waals surface area contributed by atoms with Crippen molar-refractivity contribution in [1.82, 2.24) is 0 Å². The van der Waals surface area contributed by atoms with Crippen LogP contribution in [0, 0.1) is 0 Å². The number of phenolic OH excluding ortho intramolecular Hbond substituents is 1. The molecule has 0 radical (unpaired) electrons. The summed E-state index contributed by atoms with van der Waals surface area (Å²) < 4.78 is 5.01. The number of rotatable bonds is 5. The summed E-state index contributed by atoms with van der Waals surface area (Å²) in [6.45, 7) is 0. The van der Waals surface area contributed by atoms with Gasteiger partial charge in [0.1, 0.15) is 11.5 Å². The minimum absolute atomic E-state index is 0.126. The normalized spacial score (nSPS) is 10.1. The quantitative estimate of drug-likeness (QED) is 0.647. The summed E-state index contributed by atoms with van der Waals surface area (Å²) in [6, 6.07) is 21.7. The summed E-state index contributed by atoms with van der Waals surface area (Å²) in [5.74, 6) is -0.0199. The molecule has 0 heterocycles. The van der Waals surface area contributed by atoms with Crippen molar-refractivity contribution in [3.05, 3.63) is 78.4 Å². The van der Waals surface area contributed by atoms with E-state index in [4.69, 9.17) is 4.74 Å². The molecule has 0 aliphatic rings. The van der Waals surface area contributed by atoms with E-state index in [0.717, 1.165) is 11.4 Å². The third-order valence-corrected chi connectivity index (χ3v) is 3.65. The molecular weight excluding hydrogens is 316 g/mol. The molecule has 3 N–H and O–H groups in total. The van der Waals surface area contributed by atoms with Crippen LogP contribution in [0.1, 0.15) is 10.4 Å². The van der Waals surface area contributed by atoms with Gasteiger partial charge in [-0.25, -0.2) is 0 Å². The van der Waals surface area contributed by atoms with Crippen molar-refractivity contribution in [3.8, 4) is 11.5 Å². The number of amides is 1. The Balaban J connectivity index is 1.68. The molecular formula is C20H18N2O3. The molecule has 0 aliphatic heterocycles. The Kier molecular flexibility index (Phi) is 4.85. The molecule has 0 aromatic heterocycles. The van der Waals surface area contributed by atoms with Crippen LogP contribution >= 0.6 is 0 Å². The Labute approximate surface area is 145 Å². The zero-order valence-corrected chi connectivity index (χ0v) is 13.7. The van der Waals surface area contributed by atoms with Crippen molar-refractivity contribution >= 4 is 23.0 Å². The Bertz CT molecular complexity index is 862. The van der Waals surface area contributed by atoms with Crippen LogP contribution in [-0.2, 0) is 0 Å². The van der Waals surface area contributed by atoms with Crippen LogP contribution in [0.15, 0.2) is 72.8 Å². The van der Waals surface area contributed by atoms with Gasteiger partial charge in [0, 0.05) is 23.1 Å². The second-order valence-corrected chi connectivity index (χ2v) is 5.41. The van der Waals surface area contributed by atoms with E-state index >= 15 is 0 Å². The Morgan fingerprint density at radius 1 is 0.880 bits per heavy atom. The third kappa shape index (κ3) is 4.09. The van der Waals surface area contributed by atoms with Gasteiger partial charge in [0.15, 0.2) is 0 Å². The number of nitrogens with one attached hydrogen (secondary N) is 2. The highest BCUT2D eigenvalue weighted by Crippen LogP contribution is 2.25. The monoisotopic (exact) mass is 334 g/mol. The molecule has 0 saturated carbocycles. The Morgan fingerprint density at radius 3 is 2.16 bits per heavy atom. The van der Waals surface area contributed by atoms with E-state index in [-0.39, 0.29) is 17.2 Å². The van der Waals surface area contributed by atoms with Gasteiger partial charge in [0.2, 0.25) is 0 Å². The number of benzene rings is 3. The number of anilines is 3. The molecule has 0 saturated heterocycles. The van der Waals surface area contributed by atoms with Crippen molar-refractivity contribution in [2.75, 3.05) is 17.7 Å². The highest BCUT2D eigenvalue weighted by atomic mass is 16.5. The summed E-state index contributed by atoms with van der Waals surface area (Å²) in [6.07, 6.45) is 0. The lowest BCUT2D eigenvalue weighted by Gasteiger charge is -2.10. The molecule has 3 aromatic rings. The number of hydrogen-bond acceptors (Lipinski definition) is 4. The summed E-state index contributed by atoms with van der Waals surface area (Å²) in [7, 11) is 1.50. The molecule has 0 bridgehead atoms. The molecule has 3 aromatic carbocycles. The van der Waals surface area contributed by atoms with E-state index in [1.54, 1.807) is 18.2 Å². The zero-order valence-electron chi connectivity index (χ0n) is 13.7. The lowest BCUT2D eigenvalue weighted by Crippen LogP contribution is -2.12. The molecule has 5 heteroatoms. The standard InChI is InChI=1S/C20H18N2O3/c1-25-17-11-12-18(19(23)13-17)20(24)22-16-9-7-15(8-10-16)21-14-5-3-2-4-6-14/h2-13,21,23H,1H3,(H,22,24). The van der Waals surface area contributed by atoms with E-state index in [2.05, 4.69) is 10.6 Å². The number of methoxy groups -OCH3 is 1. The van der Waals surface area contributed by atoms with Gasteiger partial charge in [-0.3, -0.25) is 4.79 Å². The van der Waals surface area contributed by atoms with Crippen LogP contribution < -0.4 is 15.4 Å². The molecule has 1 amide bonds. The van der Waals surface area contributed by atoms with Crippen LogP contribution in [0.25, 0.3) is 0 Å². The molecule has 0 atom stereocenters. The molecule has 0 aliphatic carbocycles. The first-order valence-corrected chi connectivity index (χ1v) is 7.76. The number of carbonyl (C=O) groups is 1. The number of para-hydroxylation sites is 1. The third-order valence-electron chi connectivity index (χ3n) is 3.65. The molecule has 0 spiro atoms. The largest absolute Gasteiger partial charge is 0.507 e. The number of ether oxygens (including phenoxy) is 1. The number of aromatic hydroxyl groups is 1. The van der Waals surface area contributed by atoms with Gasteiger partial charge < -0.3 is 20.5 Å². The fourth-order valence-corrected chi connectivity index (χ4v) is 2.35. The molecule has 3 rings (SSSR count). The van der Waals surface area contributed by atoms with Gasteiger partial charge in [0.25, 0.3) is 5.91 Å². The van der Waals surface area contributed by atoms with Crippen LogP contribution in [0.5, 0.6) is 11.5 Å². The first-order valence-electron chi connectivity index (χ1n) is 7.76. The summed E-state index contributed by atoms with van der Waals surface area (Å²) in [5, 5.41) is 16.0. The SMILES string of the molecule is COc1ccc(C(=O)Nc2ccc(Nc3ccccc3)cc2)c(O)c1. The molecule has 5 nitrogen and oxygen atoms in total. The molecule has 0 unspecified atom stereocenters. The van der Waals surface area contributed by atoms with Crippen molar-refractivity contribution < 1.29 is 14.6 Å². The Hall–Kier alpha value is -3.47. The highest BCUT2D eigenvalue weighted by molar-refractivity contribution is 6.06. The number of phenols is 1. The maximum absolute atomic E-state index is 12.3. The van der Waals surface area contributed by atoms with Crippen LogP contribution in [-0.4, -0.2) is 18.1 Å². The fraction of sp³-hybridized carbons (Fsp3) is 0.0500. The predicted molar refractivity (Wildman–Crippen MR) is 98.8 cm³/mol. The lowest BCUT2D eigenvalue weighted by atomic mass is 10.1. The lowest BCUT2D eigenvalue weighted by molar-refractivity contribution is 0.102. The Morgan fingerprint density at radius 2 is 1.52 bits per heavy atom. The first kappa shape index (κ1) is 16.4. The first-order chi connectivity index (χ1) is 12.2. The smallest absolute Gasteiger partial charge is 0.259 e. The van der Waals surface area contributed by atoms with E-state index < -0.39 is 0 Å². The second kappa shape index (κ2) is 7.40. The summed E-state index contributed by atoms with van der Waals surface area (Å²) in [5.41, 5.74) is 2.73. The molecule has 0 fully saturated rings. The topological polar surface area (TPSA) is 70.6 Å². The van der Waals surface area contributed by atoms with E-state index in [9.17, 15) is 9.90 Å². The predicted octanol–water partition coefficient (Wildman–Crippen LogP) is 4.40. The fourth-order valence-electron chi connectivity index (χ4n) is 2.35. The van der Waals surface area contributed by atoms with Gasteiger partial charge in [0.05, 0.1) is 12.7 Å². The van der Waals surface area contributed by atoms with Crippen LogP contribution in [0.3, 0.4) is 0 Å². The average molecular weight is 334 g/mol. The number of carbonyl (C=O) groups excluding carboxylic acids is 1. The zero-order chi connectivity index (χ0) is 17.6. The summed E-state index contributed by atoms with van der Waals surface area (Å²) in [4.78, 5) is 12.3. The van der Waals surface area contributed by atoms with Gasteiger partial charge in [-0.2, -0.15) is 0 Å². The van der Waals surface area contributed by atoms with Gasteiger partial charge in [-0.15, -0.1) is 0 Å². The highest BCUT2D eigenvalue weighted by Gasteiger charge is 2.12. The van der Waals surface area contributed by atoms with Gasteiger partial charge >= 0.3 is 0 Å². The van der Waals surface area contributed by atoms with Gasteiger partial charge in [-0.1, -0.05) is 18.2 Å². The second-order valence-electron chi connectivity index (χ2n) is 5.41. The number of hydrogen-bond donors (Lipinski definition) is 3. The van der Waals surface area contributed by atoms with Crippen LogP contribution in [0.4, 0.5) is 17.1 Å². The van der Waals surface area contributed by atoms with Crippen LogP contribution in [0.2, 0.25) is 0 Å². The summed E-state index contributed by atoms with van der Waals surface area (Å²) >= 11 is 0. The maximum Gasteiger partial charge on any atom is 0.259 e. The van der Waals surface area contributed by atoms with Crippen molar-refractivity contribution in [2.45, 2.75) is 0 Å². The van der Waals surface area contributed by atoms with E-state index in [0.29, 0.717) is 11.4 Å². The maximum atomic E-state index is 12.3. The van der Waals surface area contributed by atoms with Crippen molar-refractivity contribution in [1.29, 1.82) is 0 Å². The van der Waals surface area contributed by atoms with E-state index in [1.165, 1.54) is 19.2 Å². The van der Waals surface area contributed by atoms with E-state index in [1.807, 2.05) is 42.5 Å². The van der Waals surface area contributed by atoms with Gasteiger partial charge in [-0.05, 0) is 48.5 Å². The van der Waals surface area contributed by atoms with Crippen molar-refractivity contribution in [3.63, 3.8) is 0 Å². The molecule has 25 heavy (non-hydrogen) atoms. The average Bonchev–Trinajstić information content (AvgIpc) is 2.64. The van der Waals surface area contributed by atoms with Crippen molar-refractivity contribution in [2.24, 2.45) is 0 Å². The minimum Gasteiger partial charge on any atom is -0.507 e. The minimum atomic E-state index is -0.385.